The maximum Gasteiger partial charge on any atom is 0.228 e. The van der Waals surface area contributed by atoms with Gasteiger partial charge in [0.05, 0.1) is 29.5 Å². The molecule has 0 unspecified atom stereocenters. The van der Waals surface area contributed by atoms with E-state index in [1.807, 2.05) is 25.1 Å². The summed E-state index contributed by atoms with van der Waals surface area (Å²) < 4.78 is 0. The van der Waals surface area contributed by atoms with E-state index in [-0.39, 0.29) is 17.4 Å². The quantitative estimate of drug-likeness (QED) is 0.878. The van der Waals surface area contributed by atoms with Crippen LogP contribution < -0.4 is 10.6 Å². The highest BCUT2D eigenvalue weighted by Crippen LogP contribution is 2.45. The Hall–Kier alpha value is -2.27. The van der Waals surface area contributed by atoms with Gasteiger partial charge in [0.1, 0.15) is 0 Å². The third-order valence-electron chi connectivity index (χ3n) is 5.60. The Bertz CT molecular complexity index is 746. The van der Waals surface area contributed by atoms with E-state index >= 15 is 0 Å². The molecule has 5 nitrogen and oxygen atoms in total. The van der Waals surface area contributed by atoms with Crippen LogP contribution in [0.15, 0.2) is 42.7 Å². The number of fused-ring (bicyclic) bond motifs is 2. The molecule has 2 N–H and O–H groups in total. The van der Waals surface area contributed by atoms with Crippen LogP contribution in [0.5, 0.6) is 0 Å². The Morgan fingerprint density at radius 1 is 1.24 bits per heavy atom. The van der Waals surface area contributed by atoms with Crippen molar-refractivity contribution in [1.82, 2.24) is 20.6 Å². The summed E-state index contributed by atoms with van der Waals surface area (Å²) in [5, 5.41) is 6.76. The van der Waals surface area contributed by atoms with E-state index in [2.05, 4.69) is 32.7 Å². The number of aromatic nitrogens is 2. The zero-order valence-electron chi connectivity index (χ0n) is 14.5. The maximum absolute atomic E-state index is 13.2. The van der Waals surface area contributed by atoms with Gasteiger partial charge in [-0.15, -0.1) is 0 Å². The molecule has 2 bridgehead atoms. The molecule has 1 aromatic heterocycles. The van der Waals surface area contributed by atoms with E-state index in [1.165, 1.54) is 12.0 Å². The number of benzene rings is 1. The Balaban J connectivity index is 1.52. The van der Waals surface area contributed by atoms with Gasteiger partial charge in [-0.3, -0.25) is 14.8 Å². The van der Waals surface area contributed by atoms with Crippen LogP contribution >= 0.6 is 0 Å². The molecule has 0 spiro atoms. The molecule has 1 amide bonds. The molecule has 3 heterocycles. The van der Waals surface area contributed by atoms with Crippen molar-refractivity contribution in [3.8, 4) is 0 Å². The first kappa shape index (κ1) is 16.2. The van der Waals surface area contributed by atoms with Gasteiger partial charge in [0.25, 0.3) is 0 Å². The SMILES string of the molecule is Cc1cnc(CNC(=O)[C@]2(Cc3ccccc3)C[C@@H]3CC[C@H]2N3)cn1. The van der Waals surface area contributed by atoms with Gasteiger partial charge < -0.3 is 10.6 Å². The molecule has 0 saturated carbocycles. The summed E-state index contributed by atoms with van der Waals surface area (Å²) in [5.74, 6) is 0.137. The molecule has 25 heavy (non-hydrogen) atoms. The van der Waals surface area contributed by atoms with E-state index in [1.54, 1.807) is 12.4 Å². The molecule has 4 rings (SSSR count). The van der Waals surface area contributed by atoms with Gasteiger partial charge in [-0.25, -0.2) is 0 Å². The maximum atomic E-state index is 13.2. The molecule has 2 aliphatic heterocycles. The lowest BCUT2D eigenvalue weighted by molar-refractivity contribution is -0.132. The monoisotopic (exact) mass is 336 g/mol. The van der Waals surface area contributed by atoms with Crippen molar-refractivity contribution < 1.29 is 4.79 Å². The minimum Gasteiger partial charge on any atom is -0.350 e. The molecule has 1 aromatic carbocycles. The van der Waals surface area contributed by atoms with Crippen molar-refractivity contribution in [1.29, 1.82) is 0 Å². The molecular weight excluding hydrogens is 312 g/mol. The van der Waals surface area contributed by atoms with Crippen LogP contribution in [0.25, 0.3) is 0 Å². The summed E-state index contributed by atoms with van der Waals surface area (Å²) in [5.41, 5.74) is 2.54. The lowest BCUT2D eigenvalue weighted by atomic mass is 9.69. The molecule has 130 valence electrons. The fourth-order valence-electron chi connectivity index (χ4n) is 4.34. The molecule has 3 atom stereocenters. The van der Waals surface area contributed by atoms with Crippen molar-refractivity contribution in [2.75, 3.05) is 0 Å². The van der Waals surface area contributed by atoms with Gasteiger partial charge in [-0.2, -0.15) is 0 Å². The van der Waals surface area contributed by atoms with Crippen LogP contribution in [0.1, 0.15) is 36.2 Å². The van der Waals surface area contributed by atoms with Gasteiger partial charge >= 0.3 is 0 Å². The van der Waals surface area contributed by atoms with Gasteiger partial charge in [0.15, 0.2) is 0 Å². The summed E-state index contributed by atoms with van der Waals surface area (Å²) in [7, 11) is 0. The largest absolute Gasteiger partial charge is 0.350 e. The predicted octanol–water partition coefficient (Wildman–Crippen LogP) is 2.15. The number of aryl methyl sites for hydroxylation is 1. The Labute approximate surface area is 148 Å². The van der Waals surface area contributed by atoms with Gasteiger partial charge in [-0.1, -0.05) is 30.3 Å². The average Bonchev–Trinajstić information content (AvgIpc) is 3.23. The number of amides is 1. The first-order valence-electron chi connectivity index (χ1n) is 9.01. The fourth-order valence-corrected chi connectivity index (χ4v) is 4.34. The lowest BCUT2D eigenvalue weighted by Gasteiger charge is -2.35. The highest BCUT2D eigenvalue weighted by molar-refractivity contribution is 5.84. The fraction of sp³-hybridized carbons (Fsp3) is 0.450. The van der Waals surface area contributed by atoms with Crippen molar-refractivity contribution in [3.63, 3.8) is 0 Å². The minimum atomic E-state index is -0.359. The first-order valence-corrected chi connectivity index (χ1v) is 9.01. The van der Waals surface area contributed by atoms with Crippen LogP contribution in [0.4, 0.5) is 0 Å². The number of carbonyl (C=O) groups is 1. The zero-order valence-corrected chi connectivity index (χ0v) is 14.5. The Morgan fingerprint density at radius 2 is 2.08 bits per heavy atom. The highest BCUT2D eigenvalue weighted by Gasteiger charge is 2.55. The smallest absolute Gasteiger partial charge is 0.228 e. The third kappa shape index (κ3) is 3.16. The first-order chi connectivity index (χ1) is 12.2. The van der Waals surface area contributed by atoms with E-state index in [9.17, 15) is 4.79 Å². The zero-order chi connectivity index (χ0) is 17.3. The van der Waals surface area contributed by atoms with E-state index in [0.29, 0.717) is 12.6 Å². The van der Waals surface area contributed by atoms with E-state index in [0.717, 1.165) is 30.7 Å². The average molecular weight is 336 g/mol. The number of rotatable bonds is 5. The topological polar surface area (TPSA) is 66.9 Å². The normalized spacial score (nSPS) is 27.4. The van der Waals surface area contributed by atoms with Crippen LogP contribution in [0.3, 0.4) is 0 Å². The third-order valence-corrected chi connectivity index (χ3v) is 5.60. The summed E-state index contributed by atoms with van der Waals surface area (Å²) in [4.78, 5) is 21.8. The molecule has 0 radical (unpaired) electrons. The van der Waals surface area contributed by atoms with Crippen LogP contribution in [0, 0.1) is 12.3 Å². The lowest BCUT2D eigenvalue weighted by Crippen LogP contribution is -2.49. The molecule has 2 saturated heterocycles. The summed E-state index contributed by atoms with van der Waals surface area (Å²) >= 11 is 0. The molecule has 5 heteroatoms. The molecular formula is C20H24N4O. The second kappa shape index (κ2) is 6.56. The van der Waals surface area contributed by atoms with Gasteiger partial charge in [0, 0.05) is 18.3 Å². The van der Waals surface area contributed by atoms with E-state index < -0.39 is 0 Å². The Kier molecular flexibility index (Phi) is 4.25. The molecule has 0 aliphatic carbocycles. The summed E-state index contributed by atoms with van der Waals surface area (Å²) in [6.45, 7) is 2.34. The predicted molar refractivity (Wildman–Crippen MR) is 95.8 cm³/mol. The number of hydrogen-bond acceptors (Lipinski definition) is 4. The number of carbonyl (C=O) groups excluding carboxylic acids is 1. The highest BCUT2D eigenvalue weighted by atomic mass is 16.2. The molecule has 2 aliphatic rings. The second-order valence-electron chi connectivity index (χ2n) is 7.35. The van der Waals surface area contributed by atoms with E-state index in [4.69, 9.17) is 0 Å². The van der Waals surface area contributed by atoms with Gasteiger partial charge in [-0.05, 0) is 38.2 Å². The Morgan fingerprint density at radius 3 is 2.72 bits per heavy atom. The van der Waals surface area contributed by atoms with Crippen LogP contribution in [0.2, 0.25) is 0 Å². The van der Waals surface area contributed by atoms with Gasteiger partial charge in [0.2, 0.25) is 5.91 Å². The number of nitrogens with zero attached hydrogens (tertiary/aromatic N) is 2. The van der Waals surface area contributed by atoms with Crippen molar-refractivity contribution in [3.05, 3.63) is 59.7 Å². The van der Waals surface area contributed by atoms with Crippen LogP contribution in [-0.4, -0.2) is 28.0 Å². The summed E-state index contributed by atoms with van der Waals surface area (Å²) in [6.07, 6.45) is 7.43. The van der Waals surface area contributed by atoms with Crippen molar-refractivity contribution >= 4 is 5.91 Å². The van der Waals surface area contributed by atoms with Crippen molar-refractivity contribution in [2.45, 2.75) is 51.2 Å². The molecule has 2 fully saturated rings. The van der Waals surface area contributed by atoms with Crippen LogP contribution in [-0.2, 0) is 17.8 Å². The molecule has 2 aromatic rings. The van der Waals surface area contributed by atoms with Crippen molar-refractivity contribution in [2.24, 2.45) is 5.41 Å². The summed E-state index contributed by atoms with van der Waals surface area (Å²) in [6, 6.07) is 11.1. The minimum absolute atomic E-state index is 0.137. The second-order valence-corrected chi connectivity index (χ2v) is 7.35. The standard InChI is InChI=1S/C20H24N4O/c1-14-11-22-17(12-21-14)13-23-19(25)20(9-15-5-3-2-4-6-15)10-16-7-8-18(20)24-16/h2-6,11-12,16,18,24H,7-10,13H2,1H3,(H,23,25)/t16-,18+,20+/m0/s1. The number of nitrogens with one attached hydrogen (secondary N) is 2. The number of hydrogen-bond donors (Lipinski definition) is 2.